The summed E-state index contributed by atoms with van der Waals surface area (Å²) in [6.45, 7) is 10.8. The maximum atomic E-state index is 12.9. The molecule has 3 N–H and O–H groups in total. The van der Waals surface area contributed by atoms with Gasteiger partial charge in [0.15, 0.2) is 12.2 Å². The van der Waals surface area contributed by atoms with E-state index in [1.54, 1.807) is 43.6 Å². The van der Waals surface area contributed by atoms with Crippen LogP contribution in [0.15, 0.2) is 89.8 Å². The van der Waals surface area contributed by atoms with Crippen LogP contribution >= 0.6 is 0 Å². The van der Waals surface area contributed by atoms with Gasteiger partial charge < -0.3 is 34.7 Å². The third-order valence-electron chi connectivity index (χ3n) is 7.21. The highest BCUT2D eigenvalue weighted by Crippen LogP contribution is 2.32. The first-order chi connectivity index (χ1) is 21.7. The molecular formula is C35H43N5O5. The molecule has 0 aliphatic carbocycles. The Morgan fingerprint density at radius 2 is 1.69 bits per heavy atom. The molecule has 45 heavy (non-hydrogen) atoms. The molecule has 0 bridgehead atoms. The summed E-state index contributed by atoms with van der Waals surface area (Å²) >= 11 is 0. The lowest BCUT2D eigenvalue weighted by Gasteiger charge is -2.30. The monoisotopic (exact) mass is 613 g/mol. The Labute approximate surface area is 265 Å². The van der Waals surface area contributed by atoms with Crippen molar-refractivity contribution in [1.29, 1.82) is 0 Å². The van der Waals surface area contributed by atoms with Gasteiger partial charge in [-0.05, 0) is 55.2 Å². The first-order valence-corrected chi connectivity index (χ1v) is 15.2. The van der Waals surface area contributed by atoms with Crippen molar-refractivity contribution in [3.05, 3.63) is 96.5 Å². The van der Waals surface area contributed by atoms with E-state index in [0.717, 1.165) is 29.8 Å². The minimum atomic E-state index is -0.498. The Bertz CT molecular complexity index is 1510. The number of rotatable bonds is 14. The fraction of sp³-hybridized carbons (Fsp3) is 0.343. The van der Waals surface area contributed by atoms with Crippen LogP contribution in [0, 0.1) is 5.92 Å². The Morgan fingerprint density at radius 3 is 2.36 bits per heavy atom. The van der Waals surface area contributed by atoms with Crippen LogP contribution in [0.5, 0.6) is 5.75 Å². The van der Waals surface area contributed by atoms with E-state index in [1.807, 2.05) is 42.5 Å². The second-order valence-electron chi connectivity index (χ2n) is 11.5. The summed E-state index contributed by atoms with van der Waals surface area (Å²) < 4.78 is 16.7. The van der Waals surface area contributed by atoms with Crippen molar-refractivity contribution in [3.63, 3.8) is 0 Å². The van der Waals surface area contributed by atoms with Gasteiger partial charge in [-0.15, -0.1) is 0 Å². The lowest BCUT2D eigenvalue weighted by Crippen LogP contribution is -2.36. The molecular weight excluding hydrogens is 570 g/mol. The van der Waals surface area contributed by atoms with Crippen LogP contribution in [0.25, 0.3) is 11.3 Å². The summed E-state index contributed by atoms with van der Waals surface area (Å²) in [5.74, 6) is 1.64. The molecule has 1 heterocycles. The Hall–Kier alpha value is -4.83. The fourth-order valence-corrected chi connectivity index (χ4v) is 4.99. The van der Waals surface area contributed by atoms with Gasteiger partial charge in [0.1, 0.15) is 11.9 Å². The van der Waals surface area contributed by atoms with Crippen molar-refractivity contribution in [2.45, 2.75) is 52.8 Å². The Kier molecular flexibility index (Phi) is 12.0. The van der Waals surface area contributed by atoms with Crippen LogP contribution < -0.4 is 20.7 Å². The topological polar surface area (TPSA) is 118 Å². The van der Waals surface area contributed by atoms with E-state index in [-0.39, 0.29) is 12.6 Å². The van der Waals surface area contributed by atoms with E-state index in [1.165, 1.54) is 6.39 Å². The number of oxazole rings is 1. The van der Waals surface area contributed by atoms with Crippen molar-refractivity contribution < 1.29 is 23.5 Å². The number of urea groups is 1. The van der Waals surface area contributed by atoms with Crippen LogP contribution in [0.2, 0.25) is 0 Å². The lowest BCUT2D eigenvalue weighted by molar-refractivity contribution is 0.0782. The molecule has 1 aromatic heterocycles. The highest BCUT2D eigenvalue weighted by molar-refractivity contribution is 6.00. The second-order valence-corrected chi connectivity index (χ2v) is 11.5. The van der Waals surface area contributed by atoms with Crippen molar-refractivity contribution in [2.75, 3.05) is 30.8 Å². The van der Waals surface area contributed by atoms with Gasteiger partial charge in [0, 0.05) is 49.5 Å². The Balaban J connectivity index is 1.32. The number of nitrogens with one attached hydrogen (secondary N) is 3. The molecule has 3 amide bonds. The first kappa shape index (κ1) is 33.1. The summed E-state index contributed by atoms with van der Waals surface area (Å²) in [4.78, 5) is 32.0. The van der Waals surface area contributed by atoms with Crippen molar-refractivity contribution in [2.24, 2.45) is 5.92 Å². The number of anilines is 2. The molecule has 0 aliphatic rings. The number of ether oxygens (including phenoxy) is 2. The van der Waals surface area contributed by atoms with E-state index in [9.17, 15) is 9.59 Å². The molecule has 4 aromatic rings. The van der Waals surface area contributed by atoms with E-state index < -0.39 is 12.1 Å². The number of nitrogens with zero attached hydrogens (tertiary/aromatic N) is 2. The minimum Gasteiger partial charge on any atom is -0.496 e. The summed E-state index contributed by atoms with van der Waals surface area (Å²) in [6, 6.07) is 22.3. The van der Waals surface area contributed by atoms with Gasteiger partial charge in [-0.2, -0.15) is 0 Å². The van der Waals surface area contributed by atoms with Gasteiger partial charge in [-0.3, -0.25) is 0 Å². The third kappa shape index (κ3) is 10.1. The van der Waals surface area contributed by atoms with Gasteiger partial charge in [-0.1, -0.05) is 56.3 Å². The highest BCUT2D eigenvalue weighted by Gasteiger charge is 2.20. The third-order valence-corrected chi connectivity index (χ3v) is 7.21. The van der Waals surface area contributed by atoms with Crippen molar-refractivity contribution in [1.82, 2.24) is 15.2 Å². The van der Waals surface area contributed by atoms with Crippen LogP contribution in [0.3, 0.4) is 0 Å². The average Bonchev–Trinajstić information content (AvgIpc) is 3.56. The SMILES string of the molecule is COc1cc(NC(=O)Nc2cccc(CNC(=O)OC(CCN(CC(C)C)C(C)C)c3ccccc3)c2)ccc1-c1cnco1. The predicted octanol–water partition coefficient (Wildman–Crippen LogP) is 7.72. The van der Waals surface area contributed by atoms with E-state index in [4.69, 9.17) is 13.9 Å². The van der Waals surface area contributed by atoms with Gasteiger partial charge >= 0.3 is 12.1 Å². The van der Waals surface area contributed by atoms with Gasteiger partial charge in [0.2, 0.25) is 0 Å². The number of hydrogen-bond acceptors (Lipinski definition) is 7. The standard InChI is InChI=1S/C35H43N5O5/c1-24(2)22-40(25(3)4)17-16-31(27-11-7-6-8-12-27)45-35(42)37-20-26-10-9-13-28(18-26)38-34(41)39-29-14-15-30(32(19-29)43-5)33-21-36-23-44-33/h6-15,18-19,21,23-25,31H,16-17,20,22H2,1-5H3,(H,37,42)(H2,38,39,41). The number of benzene rings is 3. The first-order valence-electron chi connectivity index (χ1n) is 15.2. The molecule has 4 rings (SSSR count). The lowest BCUT2D eigenvalue weighted by atomic mass is 10.1. The van der Waals surface area contributed by atoms with Crippen molar-refractivity contribution >= 4 is 23.5 Å². The number of methoxy groups -OCH3 is 1. The molecule has 10 nitrogen and oxygen atoms in total. The molecule has 0 aliphatic heterocycles. The molecule has 0 spiro atoms. The van der Waals surface area contributed by atoms with Gasteiger partial charge in [0.25, 0.3) is 0 Å². The van der Waals surface area contributed by atoms with Gasteiger partial charge in [-0.25, -0.2) is 14.6 Å². The zero-order valence-electron chi connectivity index (χ0n) is 26.6. The van der Waals surface area contributed by atoms with E-state index in [2.05, 4.69) is 53.5 Å². The number of aromatic nitrogens is 1. The molecule has 0 fully saturated rings. The second kappa shape index (κ2) is 16.3. The molecule has 1 unspecified atom stereocenters. The van der Waals surface area contributed by atoms with Crippen LogP contribution in [-0.4, -0.2) is 48.2 Å². The molecule has 0 saturated heterocycles. The van der Waals surface area contributed by atoms with E-state index >= 15 is 0 Å². The zero-order valence-corrected chi connectivity index (χ0v) is 26.6. The van der Waals surface area contributed by atoms with Crippen LogP contribution in [-0.2, 0) is 11.3 Å². The Morgan fingerprint density at radius 1 is 0.933 bits per heavy atom. The quantitative estimate of drug-likeness (QED) is 0.133. The maximum absolute atomic E-state index is 12.9. The molecule has 10 heteroatoms. The molecule has 238 valence electrons. The highest BCUT2D eigenvalue weighted by atomic mass is 16.6. The largest absolute Gasteiger partial charge is 0.496 e. The zero-order chi connectivity index (χ0) is 32.2. The van der Waals surface area contributed by atoms with Crippen molar-refractivity contribution in [3.8, 4) is 17.1 Å². The molecule has 1 atom stereocenters. The van der Waals surface area contributed by atoms with Crippen LogP contribution in [0.1, 0.15) is 51.3 Å². The summed E-state index contributed by atoms with van der Waals surface area (Å²) in [5.41, 5.74) is 3.61. The number of amides is 3. The summed E-state index contributed by atoms with van der Waals surface area (Å²) in [7, 11) is 1.55. The number of carbonyl (C=O) groups is 2. The van der Waals surface area contributed by atoms with Gasteiger partial charge in [0.05, 0.1) is 18.9 Å². The minimum absolute atomic E-state index is 0.239. The number of carbonyl (C=O) groups excluding carboxylic acids is 2. The number of hydrogen-bond donors (Lipinski definition) is 3. The number of alkyl carbamates (subject to hydrolysis) is 1. The summed E-state index contributed by atoms with van der Waals surface area (Å²) in [5, 5.41) is 8.51. The predicted molar refractivity (Wildman–Crippen MR) is 176 cm³/mol. The molecule has 3 aromatic carbocycles. The fourth-order valence-electron chi connectivity index (χ4n) is 4.99. The van der Waals surface area contributed by atoms with E-state index in [0.29, 0.717) is 41.3 Å². The maximum Gasteiger partial charge on any atom is 0.408 e. The average molecular weight is 614 g/mol. The summed E-state index contributed by atoms with van der Waals surface area (Å²) in [6.07, 6.45) is 2.75. The molecule has 0 saturated carbocycles. The van der Waals surface area contributed by atoms with Crippen LogP contribution in [0.4, 0.5) is 21.0 Å². The normalized spacial score (nSPS) is 11.8. The smallest absolute Gasteiger partial charge is 0.408 e. The molecule has 0 radical (unpaired) electrons.